The predicted octanol–water partition coefficient (Wildman–Crippen LogP) is 2.58. The van der Waals surface area contributed by atoms with Crippen molar-refractivity contribution in [1.29, 1.82) is 5.26 Å². The number of halogens is 1. The van der Waals surface area contributed by atoms with E-state index in [1.54, 1.807) is 24.3 Å². The second kappa shape index (κ2) is 3.56. The van der Waals surface area contributed by atoms with Gasteiger partial charge < -0.3 is 5.32 Å². The van der Waals surface area contributed by atoms with E-state index in [0.717, 1.165) is 0 Å². The minimum absolute atomic E-state index is 0.229. The molecule has 1 N–H and O–H groups in total. The van der Waals surface area contributed by atoms with Crippen LogP contribution < -0.4 is 5.32 Å². The van der Waals surface area contributed by atoms with E-state index >= 15 is 0 Å². The van der Waals surface area contributed by atoms with Gasteiger partial charge in [-0.1, -0.05) is 17.7 Å². The normalized spacial score (nSPS) is 16.5. The molecule has 1 aromatic carbocycles. The van der Waals surface area contributed by atoms with E-state index in [1.807, 2.05) is 6.07 Å². The van der Waals surface area contributed by atoms with E-state index in [9.17, 15) is 4.79 Å². The minimum atomic E-state index is -0.789. The molecule has 76 valence electrons. The van der Waals surface area contributed by atoms with Crippen LogP contribution in [0.2, 0.25) is 5.02 Å². The lowest BCUT2D eigenvalue weighted by Crippen LogP contribution is -2.22. The topological polar surface area (TPSA) is 52.9 Å². The number of carbonyl (C=O) groups is 1. The smallest absolute Gasteiger partial charge is 0.244 e. The van der Waals surface area contributed by atoms with Gasteiger partial charge in [0.15, 0.2) is 0 Å². The zero-order chi connectivity index (χ0) is 10.9. The number of benzene rings is 1. The fourth-order valence-electron chi connectivity index (χ4n) is 1.33. The van der Waals surface area contributed by atoms with Gasteiger partial charge in [0, 0.05) is 10.7 Å². The Morgan fingerprint density at radius 3 is 2.80 bits per heavy atom. The maximum Gasteiger partial charge on any atom is 0.244 e. The summed E-state index contributed by atoms with van der Waals surface area (Å²) in [7, 11) is 0. The van der Waals surface area contributed by atoms with Crippen LogP contribution in [0.5, 0.6) is 0 Å². The highest BCUT2D eigenvalue weighted by Gasteiger charge is 2.50. The summed E-state index contributed by atoms with van der Waals surface area (Å²) in [6.07, 6.45) is 1.30. The molecule has 2 rings (SSSR count). The van der Waals surface area contributed by atoms with Gasteiger partial charge in [0.25, 0.3) is 0 Å². The summed E-state index contributed by atoms with van der Waals surface area (Å²) in [4.78, 5) is 11.7. The van der Waals surface area contributed by atoms with Crippen molar-refractivity contribution >= 4 is 23.2 Å². The van der Waals surface area contributed by atoms with E-state index in [2.05, 4.69) is 5.32 Å². The first-order valence-electron chi connectivity index (χ1n) is 4.65. The second-order valence-electron chi connectivity index (χ2n) is 3.66. The lowest BCUT2D eigenvalue weighted by Gasteiger charge is -2.07. The fourth-order valence-corrected chi connectivity index (χ4v) is 1.52. The van der Waals surface area contributed by atoms with Crippen LogP contribution >= 0.6 is 11.6 Å². The van der Waals surface area contributed by atoms with Gasteiger partial charge in [0.05, 0.1) is 6.07 Å². The third kappa shape index (κ3) is 1.95. The van der Waals surface area contributed by atoms with Crippen molar-refractivity contribution in [2.45, 2.75) is 12.8 Å². The third-order valence-corrected chi connectivity index (χ3v) is 2.72. The van der Waals surface area contributed by atoms with Crippen molar-refractivity contribution < 1.29 is 4.79 Å². The first-order chi connectivity index (χ1) is 7.16. The number of rotatable bonds is 2. The van der Waals surface area contributed by atoms with E-state index < -0.39 is 5.41 Å². The average molecular weight is 221 g/mol. The summed E-state index contributed by atoms with van der Waals surface area (Å²) in [5.41, 5.74) is -0.156. The van der Waals surface area contributed by atoms with Crippen LogP contribution in [-0.2, 0) is 4.79 Å². The molecule has 15 heavy (non-hydrogen) atoms. The summed E-state index contributed by atoms with van der Waals surface area (Å²) in [6.45, 7) is 0. The van der Waals surface area contributed by atoms with E-state index in [-0.39, 0.29) is 5.91 Å². The zero-order valence-electron chi connectivity index (χ0n) is 7.96. The molecule has 0 atom stereocenters. The van der Waals surface area contributed by atoms with E-state index in [0.29, 0.717) is 23.6 Å². The van der Waals surface area contributed by atoms with Crippen molar-refractivity contribution in [1.82, 2.24) is 0 Å². The van der Waals surface area contributed by atoms with Crippen LogP contribution in [0.4, 0.5) is 5.69 Å². The predicted molar refractivity (Wildman–Crippen MR) is 57.4 cm³/mol. The molecule has 1 aromatic rings. The van der Waals surface area contributed by atoms with Crippen molar-refractivity contribution in [2.75, 3.05) is 5.32 Å². The number of nitrogens with zero attached hydrogens (tertiary/aromatic N) is 1. The number of amides is 1. The first kappa shape index (κ1) is 10.0. The first-order valence-corrected chi connectivity index (χ1v) is 5.02. The Balaban J connectivity index is 2.10. The number of carbonyl (C=O) groups excluding carboxylic acids is 1. The SMILES string of the molecule is N#CC1(C(=O)Nc2cccc(Cl)c2)CC1. The van der Waals surface area contributed by atoms with Gasteiger partial charge >= 0.3 is 0 Å². The van der Waals surface area contributed by atoms with Gasteiger partial charge in [0.1, 0.15) is 5.41 Å². The minimum Gasteiger partial charge on any atom is -0.325 e. The number of nitriles is 1. The van der Waals surface area contributed by atoms with Gasteiger partial charge in [-0.3, -0.25) is 4.79 Å². The summed E-state index contributed by atoms with van der Waals surface area (Å²) >= 11 is 5.78. The summed E-state index contributed by atoms with van der Waals surface area (Å²) in [5, 5.41) is 12.1. The maximum atomic E-state index is 11.7. The Morgan fingerprint density at radius 1 is 1.53 bits per heavy atom. The molecular weight excluding hydrogens is 212 g/mol. The molecule has 1 aliphatic carbocycles. The van der Waals surface area contributed by atoms with Crippen molar-refractivity contribution in [3.63, 3.8) is 0 Å². The van der Waals surface area contributed by atoms with Crippen LogP contribution in [0.15, 0.2) is 24.3 Å². The molecule has 1 amide bonds. The molecule has 3 nitrogen and oxygen atoms in total. The zero-order valence-corrected chi connectivity index (χ0v) is 8.71. The van der Waals surface area contributed by atoms with Crippen molar-refractivity contribution in [2.24, 2.45) is 5.41 Å². The van der Waals surface area contributed by atoms with Crippen molar-refractivity contribution in [3.8, 4) is 6.07 Å². The number of hydrogen-bond donors (Lipinski definition) is 1. The molecule has 0 heterocycles. The lowest BCUT2D eigenvalue weighted by molar-refractivity contribution is -0.119. The monoisotopic (exact) mass is 220 g/mol. The standard InChI is InChI=1S/C11H9ClN2O/c12-8-2-1-3-9(6-8)14-10(15)11(7-13)4-5-11/h1-3,6H,4-5H2,(H,14,15). The maximum absolute atomic E-state index is 11.7. The quantitative estimate of drug-likeness (QED) is 0.833. The van der Waals surface area contributed by atoms with Crippen LogP contribution in [0.1, 0.15) is 12.8 Å². The van der Waals surface area contributed by atoms with E-state index in [4.69, 9.17) is 16.9 Å². The van der Waals surface area contributed by atoms with Gasteiger partial charge in [-0.15, -0.1) is 0 Å². The molecule has 1 aliphatic rings. The summed E-state index contributed by atoms with van der Waals surface area (Å²) in [5.74, 6) is -0.229. The lowest BCUT2D eigenvalue weighted by atomic mass is 10.1. The van der Waals surface area contributed by atoms with Gasteiger partial charge in [-0.25, -0.2) is 0 Å². The van der Waals surface area contributed by atoms with E-state index in [1.165, 1.54) is 0 Å². The number of hydrogen-bond acceptors (Lipinski definition) is 2. The Morgan fingerprint density at radius 2 is 2.27 bits per heavy atom. The third-order valence-electron chi connectivity index (χ3n) is 2.48. The van der Waals surface area contributed by atoms with Gasteiger partial charge in [0.2, 0.25) is 5.91 Å². The van der Waals surface area contributed by atoms with Crippen molar-refractivity contribution in [3.05, 3.63) is 29.3 Å². The fraction of sp³-hybridized carbons (Fsp3) is 0.273. The van der Waals surface area contributed by atoms with Crippen LogP contribution in [0, 0.1) is 16.7 Å². The molecule has 0 spiro atoms. The Hall–Kier alpha value is -1.53. The highest BCUT2D eigenvalue weighted by atomic mass is 35.5. The summed E-state index contributed by atoms with van der Waals surface area (Å²) in [6, 6.07) is 8.93. The molecule has 4 heteroatoms. The Kier molecular flexibility index (Phi) is 2.37. The van der Waals surface area contributed by atoms with Crippen LogP contribution in [0.25, 0.3) is 0 Å². The highest BCUT2D eigenvalue weighted by molar-refractivity contribution is 6.30. The molecule has 0 unspecified atom stereocenters. The molecule has 0 bridgehead atoms. The molecule has 0 saturated heterocycles. The molecule has 1 saturated carbocycles. The average Bonchev–Trinajstić information content (AvgIpc) is 2.98. The Bertz CT molecular complexity index is 446. The summed E-state index contributed by atoms with van der Waals surface area (Å²) < 4.78 is 0. The molecule has 1 fully saturated rings. The van der Waals surface area contributed by atoms with Gasteiger partial charge in [-0.05, 0) is 31.0 Å². The number of nitrogens with one attached hydrogen (secondary N) is 1. The molecule has 0 aliphatic heterocycles. The highest BCUT2D eigenvalue weighted by Crippen LogP contribution is 2.45. The number of anilines is 1. The van der Waals surface area contributed by atoms with Crippen LogP contribution in [-0.4, -0.2) is 5.91 Å². The Labute approximate surface area is 92.7 Å². The van der Waals surface area contributed by atoms with Gasteiger partial charge in [-0.2, -0.15) is 5.26 Å². The largest absolute Gasteiger partial charge is 0.325 e. The van der Waals surface area contributed by atoms with Crippen LogP contribution in [0.3, 0.4) is 0 Å². The second-order valence-corrected chi connectivity index (χ2v) is 4.09. The molecular formula is C11H9ClN2O. The molecule has 0 radical (unpaired) electrons. The molecule has 0 aromatic heterocycles.